The maximum atomic E-state index is 9.44. The Morgan fingerprint density at radius 2 is 1.80 bits per heavy atom. The van der Waals surface area contributed by atoms with Crippen LogP contribution in [0.15, 0.2) is 0 Å². The SMILES string of the molecule is C[C@]1(O)CC[C@H](N)CC1.Cl. The van der Waals surface area contributed by atoms with E-state index in [1.165, 1.54) is 0 Å². The Kier molecular flexibility index (Phi) is 3.63. The van der Waals surface area contributed by atoms with Crippen LogP contribution >= 0.6 is 12.4 Å². The lowest BCUT2D eigenvalue weighted by molar-refractivity contribution is 0.0178. The van der Waals surface area contributed by atoms with Gasteiger partial charge < -0.3 is 10.8 Å². The van der Waals surface area contributed by atoms with E-state index < -0.39 is 5.60 Å². The van der Waals surface area contributed by atoms with E-state index in [4.69, 9.17) is 5.73 Å². The molecule has 1 aliphatic rings. The molecule has 0 bridgehead atoms. The maximum absolute atomic E-state index is 9.44. The Hall–Kier alpha value is 0.210. The first-order chi connectivity index (χ1) is 4.10. The first kappa shape index (κ1) is 10.2. The molecule has 0 aliphatic heterocycles. The molecule has 1 fully saturated rings. The van der Waals surface area contributed by atoms with Crippen LogP contribution in [-0.2, 0) is 0 Å². The predicted octanol–water partition coefficient (Wildman–Crippen LogP) is 1.06. The number of rotatable bonds is 0. The van der Waals surface area contributed by atoms with Gasteiger partial charge in [0, 0.05) is 6.04 Å². The summed E-state index contributed by atoms with van der Waals surface area (Å²) in [6, 6.07) is 0.338. The summed E-state index contributed by atoms with van der Waals surface area (Å²) in [7, 11) is 0. The van der Waals surface area contributed by atoms with Gasteiger partial charge in [0.2, 0.25) is 0 Å². The Bertz CT molecular complexity index is 95.8. The molecule has 0 atom stereocenters. The van der Waals surface area contributed by atoms with Crippen LogP contribution < -0.4 is 5.73 Å². The topological polar surface area (TPSA) is 46.2 Å². The van der Waals surface area contributed by atoms with E-state index in [2.05, 4.69) is 0 Å². The van der Waals surface area contributed by atoms with E-state index in [1.807, 2.05) is 6.92 Å². The van der Waals surface area contributed by atoms with E-state index in [-0.39, 0.29) is 12.4 Å². The molecule has 3 N–H and O–H groups in total. The van der Waals surface area contributed by atoms with Crippen LogP contribution in [0.25, 0.3) is 0 Å². The molecule has 62 valence electrons. The molecule has 0 aromatic heterocycles. The molecular formula is C7H16ClNO. The van der Waals surface area contributed by atoms with Gasteiger partial charge in [0.15, 0.2) is 0 Å². The second kappa shape index (κ2) is 3.56. The Morgan fingerprint density at radius 1 is 1.40 bits per heavy atom. The zero-order chi connectivity index (χ0) is 6.91. The van der Waals surface area contributed by atoms with Gasteiger partial charge in [0.25, 0.3) is 0 Å². The zero-order valence-electron chi connectivity index (χ0n) is 6.34. The van der Waals surface area contributed by atoms with Crippen LogP contribution in [0.1, 0.15) is 32.6 Å². The second-order valence-electron chi connectivity index (χ2n) is 3.33. The summed E-state index contributed by atoms with van der Waals surface area (Å²) in [5.74, 6) is 0. The van der Waals surface area contributed by atoms with Crippen LogP contribution in [0, 0.1) is 0 Å². The summed E-state index contributed by atoms with van der Waals surface area (Å²) in [6.07, 6.45) is 3.70. The first-order valence-corrected chi connectivity index (χ1v) is 3.58. The summed E-state index contributed by atoms with van der Waals surface area (Å²) in [5, 5.41) is 9.44. The van der Waals surface area contributed by atoms with Gasteiger partial charge in [0.05, 0.1) is 5.60 Å². The molecule has 1 aliphatic carbocycles. The van der Waals surface area contributed by atoms with E-state index in [0.717, 1.165) is 25.7 Å². The van der Waals surface area contributed by atoms with Gasteiger partial charge in [0.1, 0.15) is 0 Å². The normalized spacial score (nSPS) is 40.5. The minimum absolute atomic E-state index is 0. The van der Waals surface area contributed by atoms with Crippen molar-refractivity contribution in [3.63, 3.8) is 0 Å². The first-order valence-electron chi connectivity index (χ1n) is 3.58. The molecular weight excluding hydrogens is 150 g/mol. The van der Waals surface area contributed by atoms with Crippen LogP contribution in [0.4, 0.5) is 0 Å². The summed E-state index contributed by atoms with van der Waals surface area (Å²) >= 11 is 0. The van der Waals surface area contributed by atoms with Gasteiger partial charge in [-0.3, -0.25) is 0 Å². The molecule has 1 saturated carbocycles. The van der Waals surface area contributed by atoms with E-state index in [0.29, 0.717) is 6.04 Å². The molecule has 0 aromatic carbocycles. The number of halogens is 1. The van der Waals surface area contributed by atoms with Crippen molar-refractivity contribution < 1.29 is 5.11 Å². The van der Waals surface area contributed by atoms with Crippen molar-refractivity contribution in [2.75, 3.05) is 0 Å². The number of aliphatic hydroxyl groups is 1. The fourth-order valence-electron chi connectivity index (χ4n) is 1.26. The third-order valence-electron chi connectivity index (χ3n) is 2.11. The number of nitrogens with two attached hydrogens (primary N) is 1. The van der Waals surface area contributed by atoms with Crippen LogP contribution in [0.3, 0.4) is 0 Å². The fraction of sp³-hybridized carbons (Fsp3) is 1.00. The van der Waals surface area contributed by atoms with Crippen molar-refractivity contribution in [2.24, 2.45) is 5.73 Å². The minimum atomic E-state index is -0.421. The van der Waals surface area contributed by atoms with Gasteiger partial charge in [-0.15, -0.1) is 12.4 Å². The molecule has 0 unspecified atom stereocenters. The summed E-state index contributed by atoms with van der Waals surface area (Å²) in [5.41, 5.74) is 5.22. The van der Waals surface area contributed by atoms with E-state index >= 15 is 0 Å². The minimum Gasteiger partial charge on any atom is -0.390 e. The van der Waals surface area contributed by atoms with E-state index in [1.54, 1.807) is 0 Å². The molecule has 3 heteroatoms. The third kappa shape index (κ3) is 2.86. The highest BCUT2D eigenvalue weighted by Gasteiger charge is 2.26. The van der Waals surface area contributed by atoms with Gasteiger partial charge >= 0.3 is 0 Å². The molecule has 10 heavy (non-hydrogen) atoms. The molecule has 2 nitrogen and oxygen atoms in total. The fourth-order valence-corrected chi connectivity index (χ4v) is 1.26. The highest BCUT2D eigenvalue weighted by atomic mass is 35.5. The van der Waals surface area contributed by atoms with E-state index in [9.17, 15) is 5.11 Å². The molecule has 0 aromatic rings. The quantitative estimate of drug-likeness (QED) is 0.564. The molecule has 0 saturated heterocycles. The molecule has 1 rings (SSSR count). The Balaban J connectivity index is 0.000000810. The summed E-state index contributed by atoms with van der Waals surface area (Å²) in [4.78, 5) is 0. The number of hydrogen-bond donors (Lipinski definition) is 2. The third-order valence-corrected chi connectivity index (χ3v) is 2.11. The predicted molar refractivity (Wildman–Crippen MR) is 44.3 cm³/mol. The van der Waals surface area contributed by atoms with Gasteiger partial charge in [-0.1, -0.05) is 0 Å². The van der Waals surface area contributed by atoms with Crippen molar-refractivity contribution in [1.82, 2.24) is 0 Å². The zero-order valence-corrected chi connectivity index (χ0v) is 7.16. The Labute approximate surface area is 68.2 Å². The van der Waals surface area contributed by atoms with Crippen molar-refractivity contribution in [1.29, 1.82) is 0 Å². The highest BCUT2D eigenvalue weighted by molar-refractivity contribution is 5.85. The van der Waals surface area contributed by atoms with Crippen molar-refractivity contribution in [2.45, 2.75) is 44.2 Å². The lowest BCUT2D eigenvalue weighted by Gasteiger charge is -2.30. The lowest BCUT2D eigenvalue weighted by Crippen LogP contribution is -2.36. The summed E-state index contributed by atoms with van der Waals surface area (Å²) < 4.78 is 0. The van der Waals surface area contributed by atoms with Gasteiger partial charge in [-0.25, -0.2) is 0 Å². The van der Waals surface area contributed by atoms with Crippen molar-refractivity contribution in [3.8, 4) is 0 Å². The monoisotopic (exact) mass is 165 g/mol. The van der Waals surface area contributed by atoms with Crippen LogP contribution in [0.5, 0.6) is 0 Å². The van der Waals surface area contributed by atoms with Gasteiger partial charge in [-0.05, 0) is 32.6 Å². The average molecular weight is 166 g/mol. The van der Waals surface area contributed by atoms with Crippen LogP contribution in [-0.4, -0.2) is 16.7 Å². The largest absolute Gasteiger partial charge is 0.390 e. The second-order valence-corrected chi connectivity index (χ2v) is 3.33. The number of hydrogen-bond acceptors (Lipinski definition) is 2. The average Bonchev–Trinajstić information content (AvgIpc) is 1.78. The van der Waals surface area contributed by atoms with Crippen molar-refractivity contribution >= 4 is 12.4 Å². The van der Waals surface area contributed by atoms with Crippen LogP contribution in [0.2, 0.25) is 0 Å². The standard InChI is InChI=1S/C7H15NO.ClH/c1-7(9)4-2-6(8)3-5-7;/h6,9H,2-5,8H2,1H3;1H/t6-,7-;. The summed E-state index contributed by atoms with van der Waals surface area (Å²) in [6.45, 7) is 1.89. The molecule has 0 amide bonds. The molecule has 0 spiro atoms. The maximum Gasteiger partial charge on any atom is 0.0621 e. The lowest BCUT2D eigenvalue weighted by atomic mass is 9.84. The molecule has 0 heterocycles. The Morgan fingerprint density at radius 3 is 2.10 bits per heavy atom. The van der Waals surface area contributed by atoms with Crippen molar-refractivity contribution in [3.05, 3.63) is 0 Å². The van der Waals surface area contributed by atoms with Gasteiger partial charge in [-0.2, -0.15) is 0 Å². The highest BCUT2D eigenvalue weighted by Crippen LogP contribution is 2.26. The molecule has 0 radical (unpaired) electrons. The smallest absolute Gasteiger partial charge is 0.0621 e.